The van der Waals surface area contributed by atoms with Gasteiger partial charge in [-0.2, -0.15) is 9.97 Å². The zero-order valence-electron chi connectivity index (χ0n) is 27.9. The SMILES string of the molecule is C=C1C=Cc2c(c3ccc4nc(-c5ccccc5)oc4c3n2-c2nc(-c3ccccc3)nc(-c3cccc4oc5ccccc5c34)n2)C/C=C\C=C/1. The molecule has 1 aliphatic carbocycles. The lowest BCUT2D eigenvalue weighted by atomic mass is 10.0. The summed E-state index contributed by atoms with van der Waals surface area (Å²) in [6, 6.07) is 38.2. The lowest BCUT2D eigenvalue weighted by Crippen LogP contribution is -2.08. The predicted octanol–water partition coefficient (Wildman–Crippen LogP) is 11.1. The van der Waals surface area contributed by atoms with E-state index >= 15 is 0 Å². The number of hydrogen-bond donors (Lipinski definition) is 0. The molecule has 4 heterocycles. The molecule has 0 N–H and O–H groups in total. The van der Waals surface area contributed by atoms with E-state index in [9.17, 15) is 0 Å². The van der Waals surface area contributed by atoms with Crippen molar-refractivity contribution in [3.63, 3.8) is 0 Å². The molecule has 10 rings (SSSR count). The van der Waals surface area contributed by atoms with Crippen molar-refractivity contribution in [1.29, 1.82) is 0 Å². The highest BCUT2D eigenvalue weighted by Gasteiger charge is 2.25. The van der Waals surface area contributed by atoms with Crippen molar-refractivity contribution in [3.05, 3.63) is 169 Å². The molecule has 0 bridgehead atoms. The first kappa shape index (κ1) is 29.8. The number of oxazole rings is 1. The monoisotopic (exact) mass is 671 g/mol. The van der Waals surface area contributed by atoms with Crippen LogP contribution in [0.3, 0.4) is 0 Å². The summed E-state index contributed by atoms with van der Waals surface area (Å²) in [5, 5.41) is 2.97. The van der Waals surface area contributed by atoms with Crippen LogP contribution >= 0.6 is 0 Å². The third kappa shape index (κ3) is 4.90. The number of allylic oxidation sites excluding steroid dienone is 6. The van der Waals surface area contributed by atoms with E-state index in [4.69, 9.17) is 28.8 Å². The number of hydrogen-bond acceptors (Lipinski definition) is 6. The lowest BCUT2D eigenvalue weighted by Gasteiger charge is -2.12. The molecule has 0 amide bonds. The molecule has 52 heavy (non-hydrogen) atoms. The third-order valence-electron chi connectivity index (χ3n) is 9.48. The lowest BCUT2D eigenvalue weighted by molar-refractivity contribution is 0.621. The van der Waals surface area contributed by atoms with Crippen LogP contribution < -0.4 is 0 Å². The molecule has 4 aromatic heterocycles. The minimum atomic E-state index is 0.455. The van der Waals surface area contributed by atoms with Gasteiger partial charge in [0.15, 0.2) is 17.2 Å². The van der Waals surface area contributed by atoms with E-state index in [0.717, 1.165) is 71.9 Å². The van der Waals surface area contributed by atoms with Gasteiger partial charge in [-0.3, -0.25) is 4.57 Å². The summed E-state index contributed by atoms with van der Waals surface area (Å²) in [6.45, 7) is 4.27. The van der Waals surface area contributed by atoms with Crippen molar-refractivity contribution in [2.24, 2.45) is 0 Å². The topological polar surface area (TPSA) is 82.8 Å². The molecular formula is C45H29N5O2. The van der Waals surface area contributed by atoms with Gasteiger partial charge in [0.2, 0.25) is 11.8 Å². The summed E-state index contributed by atoms with van der Waals surface area (Å²) in [7, 11) is 0. The first-order chi connectivity index (χ1) is 25.7. The second-order valence-corrected chi connectivity index (χ2v) is 12.7. The average molecular weight is 672 g/mol. The molecule has 7 nitrogen and oxygen atoms in total. The van der Waals surface area contributed by atoms with Crippen molar-refractivity contribution in [1.82, 2.24) is 24.5 Å². The Kier molecular flexibility index (Phi) is 6.89. The van der Waals surface area contributed by atoms with E-state index in [1.807, 2.05) is 121 Å². The average Bonchev–Trinajstić information content (AvgIpc) is 3.89. The minimum Gasteiger partial charge on any atom is -0.456 e. The third-order valence-corrected chi connectivity index (χ3v) is 9.48. The molecule has 7 heteroatoms. The molecule has 0 saturated heterocycles. The van der Waals surface area contributed by atoms with Crippen molar-refractivity contribution >= 4 is 50.0 Å². The molecule has 246 valence electrons. The van der Waals surface area contributed by atoms with Gasteiger partial charge < -0.3 is 8.83 Å². The van der Waals surface area contributed by atoms with E-state index < -0.39 is 0 Å². The fourth-order valence-corrected chi connectivity index (χ4v) is 7.09. The molecular weight excluding hydrogens is 643 g/mol. The van der Waals surface area contributed by atoms with Gasteiger partial charge in [-0.25, -0.2) is 9.97 Å². The van der Waals surface area contributed by atoms with Crippen molar-refractivity contribution in [2.75, 3.05) is 0 Å². The summed E-state index contributed by atoms with van der Waals surface area (Å²) in [6.07, 6.45) is 13.0. The number of furan rings is 1. The Balaban J connectivity index is 1.32. The molecule has 9 aromatic rings. The Bertz CT molecular complexity index is 2940. The standard InChI is InChI=1S/C45H29N5O2/c1-28-14-5-2-10-19-31-32-25-26-35-41(52-44(46-35)30-17-8-4-9-18-30)40(32)50(36(31)27-24-28)45-48-42(29-15-6-3-7-16-29)47-43(49-45)34-21-13-23-38-39(34)33-20-11-12-22-37(33)51-38/h2-18,20-27H,1,19H2/b10-2-,14-5-,27-24?. The van der Waals surface area contributed by atoms with Crippen LogP contribution in [0.5, 0.6) is 0 Å². The van der Waals surface area contributed by atoms with Gasteiger partial charge >= 0.3 is 0 Å². The number of rotatable bonds is 4. The molecule has 0 unspecified atom stereocenters. The Morgan fingerprint density at radius 2 is 1.37 bits per heavy atom. The number of nitrogens with zero attached hydrogens (tertiary/aromatic N) is 5. The Morgan fingerprint density at radius 3 is 2.23 bits per heavy atom. The zero-order chi connectivity index (χ0) is 34.6. The first-order valence-electron chi connectivity index (χ1n) is 17.1. The van der Waals surface area contributed by atoms with Crippen LogP contribution in [0.15, 0.2) is 167 Å². The van der Waals surface area contributed by atoms with E-state index in [2.05, 4.69) is 41.5 Å². The van der Waals surface area contributed by atoms with Crippen LogP contribution in [0.1, 0.15) is 11.3 Å². The quantitative estimate of drug-likeness (QED) is 0.185. The maximum Gasteiger partial charge on any atom is 0.238 e. The highest BCUT2D eigenvalue weighted by atomic mass is 16.3. The number of para-hydroxylation sites is 1. The van der Waals surface area contributed by atoms with Crippen molar-refractivity contribution in [3.8, 4) is 40.2 Å². The van der Waals surface area contributed by atoms with Gasteiger partial charge in [0.25, 0.3) is 0 Å². The minimum absolute atomic E-state index is 0.455. The number of aromatic nitrogens is 5. The first-order valence-corrected chi connectivity index (χ1v) is 17.1. The molecule has 0 atom stereocenters. The highest BCUT2D eigenvalue weighted by Crippen LogP contribution is 2.40. The fourth-order valence-electron chi connectivity index (χ4n) is 7.09. The molecule has 0 spiro atoms. The van der Waals surface area contributed by atoms with Gasteiger partial charge in [0.1, 0.15) is 22.2 Å². The van der Waals surface area contributed by atoms with E-state index in [0.29, 0.717) is 35.5 Å². The maximum atomic E-state index is 6.68. The summed E-state index contributed by atoms with van der Waals surface area (Å²) in [4.78, 5) is 20.6. The second kappa shape index (κ2) is 12.0. The molecule has 0 radical (unpaired) electrons. The van der Waals surface area contributed by atoms with Gasteiger partial charge in [-0.05, 0) is 54.0 Å². The van der Waals surface area contributed by atoms with Gasteiger partial charge in [-0.15, -0.1) is 0 Å². The fraction of sp³-hybridized carbons (Fsp3) is 0.0222. The van der Waals surface area contributed by atoms with Crippen molar-refractivity contribution < 1.29 is 8.83 Å². The largest absolute Gasteiger partial charge is 0.456 e. The molecule has 1 aliphatic rings. The van der Waals surface area contributed by atoms with Gasteiger partial charge in [-0.1, -0.05) is 122 Å². The van der Waals surface area contributed by atoms with Crippen LogP contribution in [-0.4, -0.2) is 24.5 Å². The molecule has 0 saturated carbocycles. The molecule has 5 aromatic carbocycles. The van der Waals surface area contributed by atoms with Gasteiger partial charge in [0.05, 0.1) is 5.69 Å². The Labute approximate surface area is 298 Å². The highest BCUT2D eigenvalue weighted by molar-refractivity contribution is 6.12. The number of benzene rings is 5. The zero-order valence-corrected chi connectivity index (χ0v) is 27.9. The number of fused-ring (bicyclic) bond motifs is 8. The Morgan fingerprint density at radius 1 is 0.596 bits per heavy atom. The molecule has 0 fully saturated rings. The predicted molar refractivity (Wildman–Crippen MR) is 208 cm³/mol. The van der Waals surface area contributed by atoms with Crippen molar-refractivity contribution in [2.45, 2.75) is 6.42 Å². The smallest absolute Gasteiger partial charge is 0.238 e. The summed E-state index contributed by atoms with van der Waals surface area (Å²) >= 11 is 0. The van der Waals surface area contributed by atoms with E-state index in [1.54, 1.807) is 0 Å². The normalized spacial score (nSPS) is 14.3. The second-order valence-electron chi connectivity index (χ2n) is 12.7. The van der Waals surface area contributed by atoms with E-state index in [-0.39, 0.29) is 0 Å². The van der Waals surface area contributed by atoms with Crippen LogP contribution in [-0.2, 0) is 6.42 Å². The van der Waals surface area contributed by atoms with Crippen LogP contribution in [0.2, 0.25) is 0 Å². The Hall–Kier alpha value is -7.12. The van der Waals surface area contributed by atoms with Crippen LogP contribution in [0.25, 0.3) is 90.2 Å². The van der Waals surface area contributed by atoms with Gasteiger partial charge in [0, 0.05) is 32.8 Å². The van der Waals surface area contributed by atoms with Crippen LogP contribution in [0.4, 0.5) is 0 Å². The summed E-state index contributed by atoms with van der Waals surface area (Å²) < 4.78 is 15.1. The molecule has 0 aliphatic heterocycles. The summed E-state index contributed by atoms with van der Waals surface area (Å²) in [5.41, 5.74) is 9.31. The maximum absolute atomic E-state index is 6.68. The summed E-state index contributed by atoms with van der Waals surface area (Å²) in [5.74, 6) is 2.08. The van der Waals surface area contributed by atoms with Crippen LogP contribution in [0, 0.1) is 0 Å². The van der Waals surface area contributed by atoms with E-state index in [1.165, 1.54) is 0 Å².